The predicted molar refractivity (Wildman–Crippen MR) is 140 cm³/mol. The number of hydrogen-bond donors (Lipinski definition) is 3. The molecule has 0 atom stereocenters. The first kappa shape index (κ1) is 21.8. The summed E-state index contributed by atoms with van der Waals surface area (Å²) in [6.45, 7) is 5.62. The van der Waals surface area contributed by atoms with Crippen molar-refractivity contribution in [1.29, 1.82) is 0 Å². The van der Waals surface area contributed by atoms with E-state index in [-0.39, 0.29) is 5.91 Å². The van der Waals surface area contributed by atoms with E-state index in [1.165, 1.54) is 0 Å². The van der Waals surface area contributed by atoms with Crippen LogP contribution in [0, 0.1) is 5.41 Å². The van der Waals surface area contributed by atoms with Gasteiger partial charge in [0.2, 0.25) is 5.91 Å². The van der Waals surface area contributed by atoms with Gasteiger partial charge >= 0.3 is 0 Å². The van der Waals surface area contributed by atoms with E-state index in [0.29, 0.717) is 5.69 Å². The van der Waals surface area contributed by atoms with Crippen LogP contribution < -0.4 is 5.32 Å². The number of aromatic amines is 2. The fraction of sp³-hybridized carbons (Fsp3) is 0.143. The minimum atomic E-state index is -0.504. The van der Waals surface area contributed by atoms with Gasteiger partial charge in [0.25, 0.3) is 0 Å². The van der Waals surface area contributed by atoms with Gasteiger partial charge in [-0.3, -0.25) is 19.9 Å². The second-order valence-electron chi connectivity index (χ2n) is 9.82. The molecule has 36 heavy (non-hydrogen) atoms. The quantitative estimate of drug-likeness (QED) is 0.272. The highest BCUT2D eigenvalue weighted by atomic mass is 16.3. The van der Waals surface area contributed by atoms with Crippen LogP contribution in [-0.4, -0.2) is 31.1 Å². The molecule has 0 fully saturated rings. The number of carbonyl (C=O) groups is 1. The van der Waals surface area contributed by atoms with E-state index in [0.717, 1.165) is 55.6 Å². The summed E-state index contributed by atoms with van der Waals surface area (Å²) in [6, 6.07) is 14.1. The number of rotatable bonds is 4. The standard InChI is InChI=1S/C28H24N6O2/c1-28(2,3)27(35)31-18-9-17(12-29-13-18)23-11-21-25(14-30-23)33-34-26(21)24-10-20-19(16-7-8-36-15-16)5-4-6-22(20)32-24/h4-15,32H,1-3H3,(H,31,35)(H,33,34). The fourth-order valence-corrected chi connectivity index (χ4v) is 4.20. The summed E-state index contributed by atoms with van der Waals surface area (Å²) in [5.41, 5.74) is 7.31. The Hall–Kier alpha value is -4.72. The van der Waals surface area contributed by atoms with Crippen LogP contribution in [0.15, 0.2) is 78.0 Å². The van der Waals surface area contributed by atoms with E-state index in [9.17, 15) is 4.79 Å². The van der Waals surface area contributed by atoms with Crippen molar-refractivity contribution in [3.8, 4) is 33.8 Å². The van der Waals surface area contributed by atoms with Gasteiger partial charge in [-0.1, -0.05) is 32.9 Å². The minimum Gasteiger partial charge on any atom is -0.472 e. The predicted octanol–water partition coefficient (Wildman–Crippen LogP) is 6.41. The highest BCUT2D eigenvalue weighted by molar-refractivity contribution is 6.01. The maximum Gasteiger partial charge on any atom is 0.229 e. The second-order valence-corrected chi connectivity index (χ2v) is 9.82. The van der Waals surface area contributed by atoms with Crippen LogP contribution in [-0.2, 0) is 4.79 Å². The van der Waals surface area contributed by atoms with E-state index in [4.69, 9.17) is 4.42 Å². The molecule has 178 valence electrons. The molecule has 0 aliphatic rings. The van der Waals surface area contributed by atoms with Gasteiger partial charge in [0.1, 0.15) is 5.69 Å². The normalized spacial score (nSPS) is 11.9. The average Bonchev–Trinajstić information content (AvgIpc) is 3.62. The highest BCUT2D eigenvalue weighted by Crippen LogP contribution is 2.35. The van der Waals surface area contributed by atoms with E-state index >= 15 is 0 Å². The molecule has 0 saturated carbocycles. The molecule has 0 unspecified atom stereocenters. The van der Waals surface area contributed by atoms with Gasteiger partial charge in [-0.15, -0.1) is 0 Å². The van der Waals surface area contributed by atoms with Crippen molar-refractivity contribution in [2.24, 2.45) is 5.41 Å². The zero-order valence-corrected chi connectivity index (χ0v) is 20.1. The van der Waals surface area contributed by atoms with Gasteiger partial charge < -0.3 is 14.7 Å². The molecule has 5 aromatic heterocycles. The van der Waals surface area contributed by atoms with E-state index in [1.54, 1.807) is 31.1 Å². The second kappa shape index (κ2) is 8.20. The molecular weight excluding hydrogens is 452 g/mol. The molecule has 0 bridgehead atoms. The van der Waals surface area contributed by atoms with E-state index < -0.39 is 5.41 Å². The fourth-order valence-electron chi connectivity index (χ4n) is 4.20. The van der Waals surface area contributed by atoms with Crippen LogP contribution in [0.4, 0.5) is 5.69 Å². The largest absolute Gasteiger partial charge is 0.472 e. The van der Waals surface area contributed by atoms with Crippen LogP contribution >= 0.6 is 0 Å². The number of pyridine rings is 2. The third-order valence-corrected chi connectivity index (χ3v) is 6.17. The average molecular weight is 477 g/mol. The topological polar surface area (TPSA) is 112 Å². The van der Waals surface area contributed by atoms with Gasteiger partial charge in [0.05, 0.1) is 47.5 Å². The number of H-pyrrole nitrogens is 2. The Balaban J connectivity index is 1.40. The summed E-state index contributed by atoms with van der Waals surface area (Å²) in [6.07, 6.45) is 8.56. The van der Waals surface area contributed by atoms with Crippen molar-refractivity contribution in [3.63, 3.8) is 0 Å². The number of benzene rings is 1. The van der Waals surface area contributed by atoms with Crippen molar-refractivity contribution in [3.05, 3.63) is 73.6 Å². The number of fused-ring (bicyclic) bond motifs is 2. The van der Waals surface area contributed by atoms with Crippen molar-refractivity contribution in [1.82, 2.24) is 25.1 Å². The number of nitrogens with zero attached hydrogens (tertiary/aromatic N) is 3. The summed E-state index contributed by atoms with van der Waals surface area (Å²) < 4.78 is 5.29. The lowest BCUT2D eigenvalue weighted by Gasteiger charge is -2.17. The number of aromatic nitrogens is 5. The van der Waals surface area contributed by atoms with Gasteiger partial charge in [0, 0.05) is 39.0 Å². The molecule has 6 aromatic rings. The monoisotopic (exact) mass is 476 g/mol. The smallest absolute Gasteiger partial charge is 0.229 e. The van der Waals surface area contributed by atoms with Crippen LogP contribution in [0.2, 0.25) is 0 Å². The first-order valence-electron chi connectivity index (χ1n) is 11.6. The molecule has 0 aliphatic heterocycles. The molecule has 3 N–H and O–H groups in total. The Labute approximate surface area is 206 Å². The van der Waals surface area contributed by atoms with Crippen LogP contribution in [0.5, 0.6) is 0 Å². The molecule has 8 heteroatoms. The Morgan fingerprint density at radius 3 is 2.67 bits per heavy atom. The van der Waals surface area contributed by atoms with Crippen LogP contribution in [0.3, 0.4) is 0 Å². The maximum atomic E-state index is 12.4. The Kier molecular flexibility index (Phi) is 4.96. The molecule has 8 nitrogen and oxygen atoms in total. The van der Waals surface area contributed by atoms with Crippen LogP contribution in [0.1, 0.15) is 20.8 Å². The zero-order valence-electron chi connectivity index (χ0n) is 20.1. The molecule has 0 radical (unpaired) electrons. The number of carbonyl (C=O) groups excluding carboxylic acids is 1. The maximum absolute atomic E-state index is 12.4. The third kappa shape index (κ3) is 3.82. The lowest BCUT2D eigenvalue weighted by molar-refractivity contribution is -0.123. The molecule has 0 spiro atoms. The van der Waals surface area contributed by atoms with Crippen molar-refractivity contribution < 1.29 is 9.21 Å². The van der Waals surface area contributed by atoms with Gasteiger partial charge in [-0.05, 0) is 35.9 Å². The third-order valence-electron chi connectivity index (χ3n) is 6.17. The minimum absolute atomic E-state index is 0.0735. The molecule has 6 rings (SSSR count). The summed E-state index contributed by atoms with van der Waals surface area (Å²) in [7, 11) is 0. The Morgan fingerprint density at radius 1 is 0.972 bits per heavy atom. The first-order valence-corrected chi connectivity index (χ1v) is 11.6. The van der Waals surface area contributed by atoms with Gasteiger partial charge in [0.15, 0.2) is 0 Å². The lowest BCUT2D eigenvalue weighted by Crippen LogP contribution is -2.27. The molecular formula is C28H24N6O2. The summed E-state index contributed by atoms with van der Waals surface area (Å²) in [5, 5.41) is 12.6. The zero-order chi connectivity index (χ0) is 24.9. The number of nitrogens with one attached hydrogen (secondary N) is 3. The molecule has 5 heterocycles. The van der Waals surface area contributed by atoms with E-state index in [1.807, 2.05) is 51.1 Å². The summed E-state index contributed by atoms with van der Waals surface area (Å²) in [5.74, 6) is -0.0735. The summed E-state index contributed by atoms with van der Waals surface area (Å²) in [4.78, 5) is 24.8. The van der Waals surface area contributed by atoms with Gasteiger partial charge in [-0.2, -0.15) is 5.10 Å². The highest BCUT2D eigenvalue weighted by Gasteiger charge is 2.21. The van der Waals surface area contributed by atoms with Crippen molar-refractivity contribution in [2.45, 2.75) is 20.8 Å². The van der Waals surface area contributed by atoms with E-state index in [2.05, 4.69) is 42.6 Å². The van der Waals surface area contributed by atoms with Crippen LogP contribution in [0.25, 0.3) is 55.6 Å². The Morgan fingerprint density at radius 2 is 1.86 bits per heavy atom. The molecule has 0 aliphatic carbocycles. The lowest BCUT2D eigenvalue weighted by atomic mass is 9.95. The summed E-state index contributed by atoms with van der Waals surface area (Å²) >= 11 is 0. The SMILES string of the molecule is CC(C)(C)C(=O)Nc1cncc(-c2cc3c(-c4cc5c(-c6ccoc6)cccc5[nH]4)n[nH]c3cn2)c1. The number of amides is 1. The molecule has 1 aromatic carbocycles. The number of hydrogen-bond acceptors (Lipinski definition) is 5. The number of furan rings is 1. The molecule has 1 amide bonds. The number of anilines is 1. The first-order chi connectivity index (χ1) is 17.4. The van der Waals surface area contributed by atoms with Crippen molar-refractivity contribution >= 4 is 33.4 Å². The Bertz CT molecular complexity index is 1720. The van der Waals surface area contributed by atoms with Gasteiger partial charge in [-0.25, -0.2) is 0 Å². The van der Waals surface area contributed by atoms with Crippen molar-refractivity contribution in [2.75, 3.05) is 5.32 Å². The molecule has 0 saturated heterocycles.